The highest BCUT2D eigenvalue weighted by Crippen LogP contribution is 2.37. The van der Waals surface area contributed by atoms with Gasteiger partial charge in [-0.05, 0) is 43.4 Å². The molecule has 1 saturated carbocycles. The Bertz CT molecular complexity index is 446. The highest BCUT2D eigenvalue weighted by Gasteiger charge is 2.31. The summed E-state index contributed by atoms with van der Waals surface area (Å²) in [6, 6.07) is 7.55. The predicted octanol–water partition coefficient (Wildman–Crippen LogP) is 2.82. The standard InChI is InChI=1S/C15H22FNOS/c1-11(19(2)18)7-8-17-13-9-12(10-13)14-5-3-4-6-15(14)16/h3-6,11-13,17H,7-10H2,1-2H3. The van der Waals surface area contributed by atoms with Crippen LogP contribution in [0.1, 0.15) is 37.7 Å². The van der Waals surface area contributed by atoms with Crippen LogP contribution < -0.4 is 5.32 Å². The maximum atomic E-state index is 13.6. The zero-order valence-electron chi connectivity index (χ0n) is 11.6. The van der Waals surface area contributed by atoms with Gasteiger partial charge in [0.1, 0.15) is 5.82 Å². The molecule has 0 heterocycles. The quantitative estimate of drug-likeness (QED) is 0.870. The minimum atomic E-state index is -0.738. The molecule has 2 atom stereocenters. The van der Waals surface area contributed by atoms with Crippen molar-refractivity contribution in [2.24, 2.45) is 0 Å². The molecule has 1 N–H and O–H groups in total. The number of hydrogen-bond donors (Lipinski definition) is 1. The Morgan fingerprint density at radius 3 is 2.74 bits per heavy atom. The van der Waals surface area contributed by atoms with Crippen molar-refractivity contribution in [1.29, 1.82) is 0 Å². The van der Waals surface area contributed by atoms with Crippen LogP contribution in [0.5, 0.6) is 0 Å². The van der Waals surface area contributed by atoms with Crippen molar-refractivity contribution in [2.45, 2.75) is 43.4 Å². The summed E-state index contributed by atoms with van der Waals surface area (Å²) in [5, 5.41) is 3.71. The summed E-state index contributed by atoms with van der Waals surface area (Å²) in [5.74, 6) is 0.275. The van der Waals surface area contributed by atoms with Crippen molar-refractivity contribution in [3.8, 4) is 0 Å². The SMILES string of the molecule is CC(CCNC1CC(c2ccccc2F)C1)S(C)=O. The molecule has 1 aromatic carbocycles. The predicted molar refractivity (Wildman–Crippen MR) is 78.3 cm³/mol. The highest BCUT2D eigenvalue weighted by atomic mass is 32.2. The fraction of sp³-hybridized carbons (Fsp3) is 0.600. The fourth-order valence-electron chi connectivity index (χ4n) is 2.50. The second-order valence-electron chi connectivity index (χ2n) is 5.44. The lowest BCUT2D eigenvalue weighted by molar-refractivity contribution is 0.285. The van der Waals surface area contributed by atoms with E-state index >= 15 is 0 Å². The molecule has 4 heteroatoms. The van der Waals surface area contributed by atoms with E-state index in [-0.39, 0.29) is 11.1 Å². The largest absolute Gasteiger partial charge is 0.314 e. The van der Waals surface area contributed by atoms with E-state index in [9.17, 15) is 8.60 Å². The molecule has 0 spiro atoms. The van der Waals surface area contributed by atoms with Gasteiger partial charge in [-0.1, -0.05) is 25.1 Å². The summed E-state index contributed by atoms with van der Waals surface area (Å²) in [7, 11) is -0.738. The van der Waals surface area contributed by atoms with Crippen molar-refractivity contribution in [2.75, 3.05) is 12.8 Å². The molecule has 0 aromatic heterocycles. The zero-order valence-corrected chi connectivity index (χ0v) is 12.4. The number of halogens is 1. The molecular formula is C15H22FNOS. The van der Waals surface area contributed by atoms with E-state index in [1.54, 1.807) is 12.3 Å². The topological polar surface area (TPSA) is 29.1 Å². The summed E-state index contributed by atoms with van der Waals surface area (Å²) in [4.78, 5) is 0. The molecule has 1 aliphatic carbocycles. The van der Waals surface area contributed by atoms with Crippen molar-refractivity contribution >= 4 is 10.8 Å². The van der Waals surface area contributed by atoms with Gasteiger partial charge in [-0.15, -0.1) is 0 Å². The van der Waals surface area contributed by atoms with Crippen LogP contribution >= 0.6 is 0 Å². The van der Waals surface area contributed by atoms with E-state index < -0.39 is 10.8 Å². The van der Waals surface area contributed by atoms with Crippen molar-refractivity contribution in [1.82, 2.24) is 5.32 Å². The maximum absolute atomic E-state index is 13.6. The Balaban J connectivity index is 1.70. The Labute approximate surface area is 117 Å². The average Bonchev–Trinajstić information content (AvgIpc) is 2.33. The molecule has 2 nitrogen and oxygen atoms in total. The number of benzene rings is 1. The normalized spacial score (nSPS) is 25.6. The van der Waals surface area contributed by atoms with Gasteiger partial charge in [0.15, 0.2) is 0 Å². The average molecular weight is 283 g/mol. The van der Waals surface area contributed by atoms with Gasteiger partial charge in [-0.2, -0.15) is 0 Å². The summed E-state index contributed by atoms with van der Waals surface area (Å²) in [5.41, 5.74) is 0.851. The summed E-state index contributed by atoms with van der Waals surface area (Å²) in [6.45, 7) is 2.91. The fourth-order valence-corrected chi connectivity index (χ4v) is 2.95. The van der Waals surface area contributed by atoms with Crippen LogP contribution in [0, 0.1) is 5.82 Å². The molecule has 2 unspecified atom stereocenters. The van der Waals surface area contributed by atoms with Crippen LogP contribution in [0.15, 0.2) is 24.3 Å². The highest BCUT2D eigenvalue weighted by molar-refractivity contribution is 7.84. The summed E-state index contributed by atoms with van der Waals surface area (Å²) >= 11 is 0. The third-order valence-corrected chi connectivity index (χ3v) is 5.40. The molecule has 1 aromatic rings. The smallest absolute Gasteiger partial charge is 0.126 e. The van der Waals surface area contributed by atoms with Crippen LogP contribution in [0.2, 0.25) is 0 Å². The van der Waals surface area contributed by atoms with Gasteiger partial charge < -0.3 is 5.32 Å². The van der Waals surface area contributed by atoms with Crippen LogP contribution in [-0.2, 0) is 10.8 Å². The molecule has 2 rings (SSSR count). The Kier molecular flexibility index (Phi) is 5.11. The first-order valence-corrected chi connectivity index (χ1v) is 8.50. The molecule has 0 saturated heterocycles. The summed E-state index contributed by atoms with van der Waals surface area (Å²) in [6.07, 6.45) is 4.70. The van der Waals surface area contributed by atoms with Crippen LogP contribution in [0.4, 0.5) is 4.39 Å². The molecular weight excluding hydrogens is 261 g/mol. The van der Waals surface area contributed by atoms with Crippen molar-refractivity contribution < 1.29 is 8.60 Å². The molecule has 106 valence electrons. The van der Waals surface area contributed by atoms with Crippen LogP contribution in [-0.4, -0.2) is 28.3 Å². The lowest BCUT2D eigenvalue weighted by atomic mass is 9.75. The molecule has 1 aliphatic rings. The lowest BCUT2D eigenvalue weighted by Crippen LogP contribution is -2.41. The molecule has 1 fully saturated rings. The van der Waals surface area contributed by atoms with Crippen LogP contribution in [0.3, 0.4) is 0 Å². The molecule has 19 heavy (non-hydrogen) atoms. The zero-order chi connectivity index (χ0) is 13.8. The van der Waals surface area contributed by atoms with Crippen LogP contribution in [0.25, 0.3) is 0 Å². The maximum Gasteiger partial charge on any atom is 0.126 e. The van der Waals surface area contributed by atoms with Gasteiger partial charge >= 0.3 is 0 Å². The second kappa shape index (κ2) is 6.62. The summed E-state index contributed by atoms with van der Waals surface area (Å²) < 4.78 is 24.8. The Morgan fingerprint density at radius 1 is 1.42 bits per heavy atom. The number of rotatable bonds is 6. The van der Waals surface area contributed by atoms with Crippen molar-refractivity contribution in [3.63, 3.8) is 0 Å². The second-order valence-corrected chi connectivity index (χ2v) is 7.24. The first kappa shape index (κ1) is 14.7. The Morgan fingerprint density at radius 2 is 2.11 bits per heavy atom. The van der Waals surface area contributed by atoms with Crippen molar-refractivity contribution in [3.05, 3.63) is 35.6 Å². The third kappa shape index (κ3) is 3.86. The minimum Gasteiger partial charge on any atom is -0.314 e. The van der Waals surface area contributed by atoms with Gasteiger partial charge in [0.05, 0.1) is 0 Å². The first-order valence-electron chi connectivity index (χ1n) is 6.88. The van der Waals surface area contributed by atoms with Gasteiger partial charge in [0.25, 0.3) is 0 Å². The van der Waals surface area contributed by atoms with E-state index in [1.807, 2.05) is 19.1 Å². The monoisotopic (exact) mass is 283 g/mol. The molecule has 0 radical (unpaired) electrons. The minimum absolute atomic E-state index is 0.0825. The van der Waals surface area contributed by atoms with Gasteiger partial charge in [-0.25, -0.2) is 4.39 Å². The Hall–Kier alpha value is -0.740. The van der Waals surface area contributed by atoms with E-state index in [0.29, 0.717) is 12.0 Å². The lowest BCUT2D eigenvalue weighted by Gasteiger charge is -2.36. The van der Waals surface area contributed by atoms with Gasteiger partial charge in [0, 0.05) is 28.3 Å². The van der Waals surface area contributed by atoms with E-state index in [4.69, 9.17) is 0 Å². The van der Waals surface area contributed by atoms with E-state index in [0.717, 1.165) is 31.4 Å². The van der Waals surface area contributed by atoms with E-state index in [1.165, 1.54) is 6.07 Å². The molecule has 0 bridgehead atoms. The van der Waals surface area contributed by atoms with Gasteiger partial charge in [0.2, 0.25) is 0 Å². The molecule has 0 aliphatic heterocycles. The number of nitrogens with one attached hydrogen (secondary N) is 1. The van der Waals surface area contributed by atoms with E-state index in [2.05, 4.69) is 5.32 Å². The molecule has 0 amide bonds. The number of hydrogen-bond acceptors (Lipinski definition) is 2. The first-order chi connectivity index (χ1) is 9.08. The third-order valence-electron chi connectivity index (χ3n) is 4.03. The van der Waals surface area contributed by atoms with Gasteiger partial charge in [-0.3, -0.25) is 4.21 Å².